The Hall–Kier alpha value is -1.83. The third-order valence-electron chi connectivity index (χ3n) is 4.18. The number of nitrogens with one attached hydrogen (secondary N) is 2. The fourth-order valence-electron chi connectivity index (χ4n) is 2.94. The van der Waals surface area contributed by atoms with Crippen molar-refractivity contribution in [3.8, 4) is 0 Å². The van der Waals surface area contributed by atoms with Crippen molar-refractivity contribution in [2.45, 2.75) is 32.8 Å². The molecule has 8 heteroatoms. The van der Waals surface area contributed by atoms with E-state index in [1.54, 1.807) is 0 Å². The summed E-state index contributed by atoms with van der Waals surface area (Å²) in [5.41, 5.74) is 0. The van der Waals surface area contributed by atoms with E-state index in [4.69, 9.17) is 4.74 Å². The van der Waals surface area contributed by atoms with Gasteiger partial charge in [-0.05, 0) is 26.7 Å². The number of nitrogens with zero attached hydrogens (tertiary/aromatic N) is 3. The Labute approximate surface area is 143 Å². The number of ether oxygens (including phenoxy) is 1. The van der Waals surface area contributed by atoms with Crippen LogP contribution in [-0.4, -0.2) is 86.1 Å². The van der Waals surface area contributed by atoms with Crippen LogP contribution >= 0.6 is 0 Å². The number of rotatable bonds is 5. The smallest absolute Gasteiger partial charge is 0.251 e. The average molecular weight is 339 g/mol. The van der Waals surface area contributed by atoms with Gasteiger partial charge in [0.25, 0.3) is 5.91 Å². The summed E-state index contributed by atoms with van der Waals surface area (Å²) >= 11 is 0. The van der Waals surface area contributed by atoms with Crippen LogP contribution < -0.4 is 10.6 Å². The molecular weight excluding hydrogens is 310 g/mol. The molecule has 1 atom stereocenters. The molecule has 0 spiro atoms. The van der Waals surface area contributed by atoms with Gasteiger partial charge < -0.3 is 25.2 Å². The number of guanidine groups is 1. The van der Waals surface area contributed by atoms with Gasteiger partial charge in [0.05, 0.1) is 0 Å². The zero-order chi connectivity index (χ0) is 17.4. The lowest BCUT2D eigenvalue weighted by Gasteiger charge is -2.37. The molecule has 136 valence electrons. The first kappa shape index (κ1) is 18.5. The topological polar surface area (TPSA) is 86.3 Å². The first-order valence-electron chi connectivity index (χ1n) is 8.86. The van der Waals surface area contributed by atoms with E-state index < -0.39 is 0 Å². The number of hydrogen-bond donors (Lipinski definition) is 2. The van der Waals surface area contributed by atoms with Crippen LogP contribution in [0.15, 0.2) is 4.99 Å². The molecule has 2 N–H and O–H groups in total. The number of carbonyl (C=O) groups is 2. The molecule has 0 radical (unpaired) electrons. The highest BCUT2D eigenvalue weighted by atomic mass is 16.5. The maximum absolute atomic E-state index is 12.4. The van der Waals surface area contributed by atoms with Crippen molar-refractivity contribution in [3.05, 3.63) is 0 Å². The van der Waals surface area contributed by atoms with Crippen LogP contribution in [0.5, 0.6) is 0 Å². The van der Waals surface area contributed by atoms with Crippen LogP contribution in [0.4, 0.5) is 0 Å². The quantitative estimate of drug-likeness (QED) is 0.517. The number of carbonyl (C=O) groups excluding carboxylic acids is 2. The summed E-state index contributed by atoms with van der Waals surface area (Å²) in [6.07, 6.45) is 1.54. The lowest BCUT2D eigenvalue weighted by Crippen LogP contribution is -2.55. The summed E-state index contributed by atoms with van der Waals surface area (Å²) in [5.74, 6) is 0.754. The van der Waals surface area contributed by atoms with Gasteiger partial charge in [0.15, 0.2) is 5.96 Å². The molecule has 2 aliphatic heterocycles. The first-order chi connectivity index (χ1) is 11.7. The molecule has 0 aromatic carbocycles. The second-order valence-corrected chi connectivity index (χ2v) is 5.94. The maximum Gasteiger partial charge on any atom is 0.251 e. The maximum atomic E-state index is 12.4. The Balaban J connectivity index is 1.86. The Bertz CT molecular complexity index is 455. The van der Waals surface area contributed by atoms with E-state index in [1.807, 2.05) is 18.7 Å². The first-order valence-corrected chi connectivity index (χ1v) is 8.86. The summed E-state index contributed by atoms with van der Waals surface area (Å²) in [6.45, 7) is 8.76. The number of hydrogen-bond acceptors (Lipinski definition) is 4. The SMILES string of the molecule is CCNC(=O)CN=C(NCC)N1CCN(C(=O)C2CCCO2)CC1. The summed E-state index contributed by atoms with van der Waals surface area (Å²) in [4.78, 5) is 32.3. The molecule has 2 rings (SSSR count). The predicted molar refractivity (Wildman–Crippen MR) is 91.8 cm³/mol. The molecule has 2 saturated heterocycles. The van der Waals surface area contributed by atoms with Crippen molar-refractivity contribution in [2.24, 2.45) is 4.99 Å². The van der Waals surface area contributed by atoms with Gasteiger partial charge >= 0.3 is 0 Å². The molecule has 2 fully saturated rings. The molecular formula is C16H29N5O3. The number of amides is 2. The Morgan fingerprint density at radius 1 is 1.08 bits per heavy atom. The fourth-order valence-corrected chi connectivity index (χ4v) is 2.94. The van der Waals surface area contributed by atoms with E-state index in [9.17, 15) is 9.59 Å². The van der Waals surface area contributed by atoms with E-state index in [1.165, 1.54) is 0 Å². The largest absolute Gasteiger partial charge is 0.368 e. The molecule has 0 aromatic heterocycles. The molecule has 24 heavy (non-hydrogen) atoms. The molecule has 0 saturated carbocycles. The summed E-state index contributed by atoms with van der Waals surface area (Å²) in [7, 11) is 0. The molecule has 0 aliphatic carbocycles. The van der Waals surface area contributed by atoms with Crippen LogP contribution in [-0.2, 0) is 14.3 Å². The normalized spacial score (nSPS) is 21.8. The van der Waals surface area contributed by atoms with Crippen LogP contribution in [0.25, 0.3) is 0 Å². The van der Waals surface area contributed by atoms with Crippen molar-refractivity contribution in [1.82, 2.24) is 20.4 Å². The van der Waals surface area contributed by atoms with Crippen LogP contribution in [0.1, 0.15) is 26.7 Å². The monoisotopic (exact) mass is 339 g/mol. The molecule has 1 unspecified atom stereocenters. The highest BCUT2D eigenvalue weighted by molar-refractivity contribution is 5.85. The number of likely N-dealkylation sites (N-methyl/N-ethyl adjacent to an activating group) is 1. The van der Waals surface area contributed by atoms with Crippen LogP contribution in [0, 0.1) is 0 Å². The lowest BCUT2D eigenvalue weighted by molar-refractivity contribution is -0.142. The van der Waals surface area contributed by atoms with Gasteiger partial charge in [0.1, 0.15) is 12.6 Å². The van der Waals surface area contributed by atoms with Gasteiger partial charge in [0, 0.05) is 45.9 Å². The van der Waals surface area contributed by atoms with Crippen LogP contribution in [0.3, 0.4) is 0 Å². The standard InChI is InChI=1S/C16H29N5O3/c1-3-17-14(22)12-19-16(18-4-2)21-9-7-20(8-10-21)15(23)13-6-5-11-24-13/h13H,3-12H2,1-2H3,(H,17,22)(H,18,19). The Morgan fingerprint density at radius 2 is 1.75 bits per heavy atom. The number of aliphatic imine (C=N–C) groups is 1. The Kier molecular flexibility index (Phi) is 7.30. The minimum atomic E-state index is -0.254. The van der Waals surface area contributed by atoms with E-state index in [-0.39, 0.29) is 24.5 Å². The van der Waals surface area contributed by atoms with Crippen molar-refractivity contribution in [2.75, 3.05) is 52.4 Å². The van der Waals surface area contributed by atoms with E-state index in [0.717, 1.165) is 25.3 Å². The van der Waals surface area contributed by atoms with Crippen LogP contribution in [0.2, 0.25) is 0 Å². The average Bonchev–Trinajstić information content (AvgIpc) is 3.13. The summed E-state index contributed by atoms with van der Waals surface area (Å²) < 4.78 is 5.48. The minimum Gasteiger partial charge on any atom is -0.368 e. The third-order valence-corrected chi connectivity index (χ3v) is 4.18. The van der Waals surface area contributed by atoms with E-state index in [2.05, 4.69) is 20.5 Å². The highest BCUT2D eigenvalue weighted by Crippen LogP contribution is 2.16. The van der Waals surface area contributed by atoms with Gasteiger partial charge in [-0.15, -0.1) is 0 Å². The second kappa shape index (κ2) is 9.46. The molecule has 0 aromatic rings. The molecule has 8 nitrogen and oxygen atoms in total. The van der Waals surface area contributed by atoms with Gasteiger partial charge in [-0.25, -0.2) is 4.99 Å². The highest BCUT2D eigenvalue weighted by Gasteiger charge is 2.30. The predicted octanol–water partition coefficient (Wildman–Crippen LogP) is -0.589. The fraction of sp³-hybridized carbons (Fsp3) is 0.812. The molecule has 2 amide bonds. The van der Waals surface area contributed by atoms with Gasteiger partial charge in [-0.3, -0.25) is 9.59 Å². The lowest BCUT2D eigenvalue weighted by atomic mass is 10.2. The second-order valence-electron chi connectivity index (χ2n) is 5.94. The minimum absolute atomic E-state index is 0.0832. The van der Waals surface area contributed by atoms with Crippen molar-refractivity contribution < 1.29 is 14.3 Å². The van der Waals surface area contributed by atoms with E-state index >= 15 is 0 Å². The molecule has 2 aliphatic rings. The van der Waals surface area contributed by atoms with Crippen molar-refractivity contribution in [1.29, 1.82) is 0 Å². The molecule has 2 heterocycles. The molecule has 0 bridgehead atoms. The number of piperazine rings is 1. The van der Waals surface area contributed by atoms with Gasteiger partial charge in [-0.1, -0.05) is 0 Å². The van der Waals surface area contributed by atoms with Gasteiger partial charge in [0.2, 0.25) is 5.91 Å². The van der Waals surface area contributed by atoms with Crippen molar-refractivity contribution in [3.63, 3.8) is 0 Å². The zero-order valence-corrected chi connectivity index (χ0v) is 14.7. The Morgan fingerprint density at radius 3 is 2.33 bits per heavy atom. The summed E-state index contributed by atoms with van der Waals surface area (Å²) in [5, 5.41) is 5.96. The van der Waals surface area contributed by atoms with Gasteiger partial charge in [-0.2, -0.15) is 0 Å². The summed E-state index contributed by atoms with van der Waals surface area (Å²) in [6, 6.07) is 0. The van der Waals surface area contributed by atoms with E-state index in [0.29, 0.717) is 39.3 Å². The zero-order valence-electron chi connectivity index (χ0n) is 14.7. The third kappa shape index (κ3) is 5.09. The van der Waals surface area contributed by atoms with Crippen molar-refractivity contribution >= 4 is 17.8 Å².